The van der Waals surface area contributed by atoms with Crippen molar-refractivity contribution in [2.75, 3.05) is 0 Å². The highest BCUT2D eigenvalue weighted by Gasteiger charge is 2.48. The maximum atomic E-state index is 2.52. The first-order valence-electron chi connectivity index (χ1n) is 8.65. The van der Waals surface area contributed by atoms with E-state index in [2.05, 4.69) is 75.4 Å². The summed E-state index contributed by atoms with van der Waals surface area (Å²) in [5, 5.41) is 0. The molecule has 0 N–H and O–H groups in total. The van der Waals surface area contributed by atoms with E-state index in [1.807, 2.05) is 0 Å². The van der Waals surface area contributed by atoms with Gasteiger partial charge in [0.25, 0.3) is 0 Å². The minimum absolute atomic E-state index is 0.316. The Labute approximate surface area is 135 Å². The summed E-state index contributed by atoms with van der Waals surface area (Å²) in [6, 6.07) is 20.0. The van der Waals surface area contributed by atoms with E-state index in [0.717, 1.165) is 0 Å². The van der Waals surface area contributed by atoms with Gasteiger partial charge in [-0.05, 0) is 60.1 Å². The molecule has 0 nitrogen and oxygen atoms in total. The van der Waals surface area contributed by atoms with Crippen LogP contribution in [0.15, 0.2) is 54.6 Å². The van der Waals surface area contributed by atoms with Gasteiger partial charge in [0.2, 0.25) is 0 Å². The van der Waals surface area contributed by atoms with Crippen LogP contribution < -0.4 is 0 Å². The SMILES string of the molecule is Cc1ccccc1CC[C@]1(C)CCC[C@]1(C)c1ccccc1. The number of hydrogen-bond donors (Lipinski definition) is 0. The zero-order valence-corrected chi connectivity index (χ0v) is 14.2. The third kappa shape index (κ3) is 2.60. The van der Waals surface area contributed by atoms with Gasteiger partial charge >= 0.3 is 0 Å². The Bertz CT molecular complexity index is 627. The van der Waals surface area contributed by atoms with Gasteiger partial charge in [0.15, 0.2) is 0 Å². The second-order valence-corrected chi connectivity index (χ2v) is 7.54. The van der Waals surface area contributed by atoms with E-state index in [4.69, 9.17) is 0 Å². The molecule has 3 rings (SSSR count). The molecule has 0 unspecified atom stereocenters. The Kier molecular flexibility index (Phi) is 4.12. The van der Waals surface area contributed by atoms with Crippen LogP contribution in [0.2, 0.25) is 0 Å². The van der Waals surface area contributed by atoms with Crippen molar-refractivity contribution in [3.05, 3.63) is 71.3 Å². The number of aryl methyl sites for hydroxylation is 2. The van der Waals surface area contributed by atoms with E-state index in [1.54, 1.807) is 0 Å². The van der Waals surface area contributed by atoms with Crippen LogP contribution in [0.3, 0.4) is 0 Å². The third-order valence-electron chi connectivity index (χ3n) is 6.36. The van der Waals surface area contributed by atoms with Gasteiger partial charge < -0.3 is 0 Å². The molecule has 2 atom stereocenters. The molecule has 2 aromatic rings. The summed E-state index contributed by atoms with van der Waals surface area (Å²) in [5.74, 6) is 0. The van der Waals surface area contributed by atoms with Crippen LogP contribution in [0.25, 0.3) is 0 Å². The van der Waals surface area contributed by atoms with Crippen molar-refractivity contribution in [2.24, 2.45) is 5.41 Å². The van der Waals surface area contributed by atoms with E-state index in [0.29, 0.717) is 10.8 Å². The molecule has 0 saturated heterocycles. The standard InChI is InChI=1S/C22H28/c1-18-10-7-8-11-19(18)14-17-21(2)15-9-16-22(21,3)20-12-5-4-6-13-20/h4-8,10-13H,9,14-17H2,1-3H3/t21-,22+/m0/s1. The predicted molar refractivity (Wildman–Crippen MR) is 95.3 cm³/mol. The topological polar surface area (TPSA) is 0 Å². The molecular weight excluding hydrogens is 264 g/mol. The maximum Gasteiger partial charge on any atom is -0.00214 e. The maximum absolute atomic E-state index is 2.52. The second kappa shape index (κ2) is 5.91. The van der Waals surface area contributed by atoms with E-state index >= 15 is 0 Å². The van der Waals surface area contributed by atoms with Crippen molar-refractivity contribution >= 4 is 0 Å². The van der Waals surface area contributed by atoms with Gasteiger partial charge in [-0.25, -0.2) is 0 Å². The number of rotatable bonds is 4. The summed E-state index contributed by atoms with van der Waals surface area (Å²) in [6.07, 6.45) is 6.51. The lowest BCUT2D eigenvalue weighted by atomic mass is 9.62. The Balaban J connectivity index is 1.83. The molecule has 1 fully saturated rings. The second-order valence-electron chi connectivity index (χ2n) is 7.54. The van der Waals surface area contributed by atoms with Gasteiger partial charge in [0.1, 0.15) is 0 Å². The van der Waals surface area contributed by atoms with Crippen LogP contribution in [0, 0.1) is 12.3 Å². The van der Waals surface area contributed by atoms with Crippen molar-refractivity contribution in [2.45, 2.75) is 58.3 Å². The molecule has 1 aliphatic carbocycles. The minimum Gasteiger partial charge on any atom is -0.0622 e. The first kappa shape index (κ1) is 15.3. The molecular formula is C22H28. The number of hydrogen-bond acceptors (Lipinski definition) is 0. The van der Waals surface area contributed by atoms with Crippen LogP contribution in [-0.4, -0.2) is 0 Å². The van der Waals surface area contributed by atoms with Gasteiger partial charge in [0, 0.05) is 0 Å². The fraction of sp³-hybridized carbons (Fsp3) is 0.455. The molecule has 1 aliphatic rings. The summed E-state index contributed by atoms with van der Waals surface area (Å²) in [5.41, 5.74) is 5.20. The Morgan fingerprint density at radius 2 is 1.55 bits per heavy atom. The van der Waals surface area contributed by atoms with Crippen molar-refractivity contribution in [3.63, 3.8) is 0 Å². The van der Waals surface area contributed by atoms with Gasteiger partial charge in [-0.2, -0.15) is 0 Å². The molecule has 0 amide bonds. The summed E-state index contributed by atoms with van der Waals surface area (Å²) in [6.45, 7) is 7.25. The molecule has 22 heavy (non-hydrogen) atoms. The van der Waals surface area contributed by atoms with Gasteiger partial charge in [-0.1, -0.05) is 74.9 Å². The van der Waals surface area contributed by atoms with Crippen molar-refractivity contribution in [1.82, 2.24) is 0 Å². The summed E-state index contributed by atoms with van der Waals surface area (Å²) in [4.78, 5) is 0. The molecule has 0 heterocycles. The first-order chi connectivity index (χ1) is 10.6. The van der Waals surface area contributed by atoms with E-state index in [1.165, 1.54) is 48.8 Å². The van der Waals surface area contributed by atoms with Crippen LogP contribution in [0.4, 0.5) is 0 Å². The smallest absolute Gasteiger partial charge is 0.00214 e. The highest BCUT2D eigenvalue weighted by molar-refractivity contribution is 5.30. The molecule has 0 heteroatoms. The predicted octanol–water partition coefficient (Wildman–Crippen LogP) is 6.08. The van der Waals surface area contributed by atoms with E-state index in [-0.39, 0.29) is 0 Å². The Morgan fingerprint density at radius 1 is 0.864 bits per heavy atom. The fourth-order valence-electron chi connectivity index (χ4n) is 4.41. The van der Waals surface area contributed by atoms with Crippen molar-refractivity contribution in [1.29, 1.82) is 0 Å². The first-order valence-corrected chi connectivity index (χ1v) is 8.65. The monoisotopic (exact) mass is 292 g/mol. The lowest BCUT2D eigenvalue weighted by Crippen LogP contribution is -2.37. The zero-order chi connectivity index (χ0) is 15.6. The van der Waals surface area contributed by atoms with Crippen molar-refractivity contribution in [3.8, 4) is 0 Å². The normalized spacial score (nSPS) is 28.0. The average molecular weight is 292 g/mol. The average Bonchev–Trinajstić information content (AvgIpc) is 2.84. The number of benzene rings is 2. The zero-order valence-electron chi connectivity index (χ0n) is 14.2. The summed E-state index contributed by atoms with van der Waals surface area (Å²) < 4.78 is 0. The quantitative estimate of drug-likeness (QED) is 0.641. The molecule has 0 aliphatic heterocycles. The van der Waals surface area contributed by atoms with Gasteiger partial charge in [-0.3, -0.25) is 0 Å². The van der Waals surface area contributed by atoms with Crippen LogP contribution in [0.5, 0.6) is 0 Å². The van der Waals surface area contributed by atoms with Gasteiger partial charge in [-0.15, -0.1) is 0 Å². The molecule has 0 spiro atoms. The molecule has 1 saturated carbocycles. The van der Waals surface area contributed by atoms with E-state index in [9.17, 15) is 0 Å². The largest absolute Gasteiger partial charge is 0.0622 e. The minimum atomic E-state index is 0.316. The fourth-order valence-corrected chi connectivity index (χ4v) is 4.41. The van der Waals surface area contributed by atoms with Crippen LogP contribution in [-0.2, 0) is 11.8 Å². The summed E-state index contributed by atoms with van der Waals surface area (Å²) >= 11 is 0. The molecule has 0 bridgehead atoms. The third-order valence-corrected chi connectivity index (χ3v) is 6.36. The Hall–Kier alpha value is -1.56. The lowest BCUT2D eigenvalue weighted by molar-refractivity contribution is 0.179. The highest BCUT2D eigenvalue weighted by Crippen LogP contribution is 2.56. The molecule has 2 aromatic carbocycles. The lowest BCUT2D eigenvalue weighted by Gasteiger charge is -2.42. The molecule has 0 aromatic heterocycles. The molecule has 116 valence electrons. The van der Waals surface area contributed by atoms with Crippen LogP contribution >= 0.6 is 0 Å². The molecule has 0 radical (unpaired) electrons. The van der Waals surface area contributed by atoms with Crippen LogP contribution in [0.1, 0.15) is 56.2 Å². The highest BCUT2D eigenvalue weighted by atomic mass is 14.5. The van der Waals surface area contributed by atoms with Crippen molar-refractivity contribution < 1.29 is 0 Å². The summed E-state index contributed by atoms with van der Waals surface area (Å²) in [7, 11) is 0. The van der Waals surface area contributed by atoms with Gasteiger partial charge in [0.05, 0.1) is 0 Å². The Morgan fingerprint density at radius 3 is 2.27 bits per heavy atom. The van der Waals surface area contributed by atoms with E-state index < -0.39 is 0 Å².